The number of hydrogen-bond acceptors (Lipinski definition) is 8. The Morgan fingerprint density at radius 3 is 1.38 bits per heavy atom. The molecule has 20 heteroatoms. The maximum Gasteiger partial charge on any atom is 0.417 e. The average Bonchev–Trinajstić information content (AvgIpc) is 3.67. The van der Waals surface area contributed by atoms with E-state index in [0.29, 0.717) is 24.3 Å². The smallest absolute Gasteiger partial charge is 0.338 e. The number of anilines is 4. The largest absolute Gasteiger partial charge is 0.417 e. The molecule has 2 N–H and O–H groups in total. The molecule has 0 aromatic heterocycles. The Hall–Kier alpha value is -7.58. The maximum absolute atomic E-state index is 14.9. The van der Waals surface area contributed by atoms with Crippen LogP contribution in [0.2, 0.25) is 0 Å². The number of alkyl halides is 12. The number of nitrogens with zero attached hydrogens (tertiary/aromatic N) is 6. The molecule has 5 aromatic carbocycles. The van der Waals surface area contributed by atoms with E-state index < -0.39 is 74.8 Å². The monoisotopic (exact) mass is 838 g/mol. The van der Waals surface area contributed by atoms with Gasteiger partial charge in [0.05, 0.1) is 45.0 Å². The van der Waals surface area contributed by atoms with Crippen LogP contribution in [0.15, 0.2) is 83.5 Å². The highest BCUT2D eigenvalue weighted by Crippen LogP contribution is 2.56. The van der Waals surface area contributed by atoms with Crippen molar-refractivity contribution in [3.05, 3.63) is 106 Å². The molecule has 8 nitrogen and oxygen atoms in total. The van der Waals surface area contributed by atoms with Gasteiger partial charge in [0.25, 0.3) is 0 Å². The maximum atomic E-state index is 14.9. The van der Waals surface area contributed by atoms with Gasteiger partial charge in [0.2, 0.25) is 0 Å². The Labute approximate surface area is 329 Å². The lowest BCUT2D eigenvalue weighted by molar-refractivity contribution is -0.144. The third-order valence-corrected chi connectivity index (χ3v) is 10.0. The zero-order valence-electron chi connectivity index (χ0n) is 30.0. The van der Waals surface area contributed by atoms with Gasteiger partial charge < -0.3 is 20.4 Å². The highest BCUT2D eigenvalue weighted by atomic mass is 19.4. The summed E-state index contributed by atoms with van der Waals surface area (Å²) in [6, 6.07) is 13.2. The summed E-state index contributed by atoms with van der Waals surface area (Å²) in [5, 5.41) is 44.0. The molecule has 0 saturated heterocycles. The molecule has 0 aliphatic carbocycles. The predicted molar refractivity (Wildman–Crippen MR) is 193 cm³/mol. The van der Waals surface area contributed by atoms with Crippen LogP contribution >= 0.6 is 0 Å². The quantitative estimate of drug-likeness (QED) is 0.102. The summed E-state index contributed by atoms with van der Waals surface area (Å²) < 4.78 is 171. The van der Waals surface area contributed by atoms with Gasteiger partial charge in [-0.3, -0.25) is 0 Å². The van der Waals surface area contributed by atoms with Crippen molar-refractivity contribution in [2.45, 2.75) is 24.7 Å². The number of allylic oxidation sites excluding steroid dienone is 2. The van der Waals surface area contributed by atoms with Gasteiger partial charge in [0, 0.05) is 25.0 Å². The molecular weight excluding hydrogens is 820 g/mol. The van der Waals surface area contributed by atoms with E-state index in [-0.39, 0.29) is 73.6 Å². The Kier molecular flexibility index (Phi) is 9.13. The average molecular weight is 839 g/mol. The van der Waals surface area contributed by atoms with Crippen LogP contribution in [0.1, 0.15) is 22.3 Å². The topological polar surface area (TPSA) is 126 Å². The van der Waals surface area contributed by atoms with E-state index in [1.165, 1.54) is 30.0 Å². The van der Waals surface area contributed by atoms with E-state index in [4.69, 9.17) is 0 Å². The van der Waals surface area contributed by atoms with Crippen LogP contribution in [0.4, 0.5) is 75.4 Å². The minimum Gasteiger partial charge on any atom is -0.338 e. The molecule has 0 spiro atoms. The third-order valence-electron chi connectivity index (χ3n) is 10.0. The van der Waals surface area contributed by atoms with Crippen LogP contribution in [-0.2, 0) is 24.7 Å². The van der Waals surface area contributed by atoms with Gasteiger partial charge in [-0.2, -0.15) is 73.7 Å². The molecule has 0 atom stereocenters. The van der Waals surface area contributed by atoms with E-state index in [1.54, 1.807) is 24.3 Å². The Balaban J connectivity index is 1.72. The molecule has 0 bridgehead atoms. The van der Waals surface area contributed by atoms with Crippen molar-refractivity contribution in [3.8, 4) is 46.5 Å². The standard InChI is InChI=1S/C40H18F12N8/c1-59-29-11-25(21-5-3-19(37(41,42)43)9-27(21)39(47,48)49)22-7-8-23-26(32(22)34(29)58-36(59)18(15-55)16-56)12-30-33(57-35(60(30)2)17(13-53)14-54)31(23)24-6-4-20(38(44,45)46)10-28(24)40(50,51)52/h3-12,57-58H,1-2H3. The highest BCUT2D eigenvalue weighted by molar-refractivity contribution is 6.26. The van der Waals surface area contributed by atoms with Gasteiger partial charge in [0.15, 0.2) is 11.1 Å². The fourth-order valence-electron chi connectivity index (χ4n) is 7.38. The van der Waals surface area contributed by atoms with Crippen molar-refractivity contribution in [3.63, 3.8) is 0 Å². The second-order valence-electron chi connectivity index (χ2n) is 13.3. The summed E-state index contributed by atoms with van der Waals surface area (Å²) in [6.45, 7) is 0. The van der Waals surface area contributed by atoms with Crippen molar-refractivity contribution in [2.75, 3.05) is 34.5 Å². The lowest BCUT2D eigenvalue weighted by Gasteiger charge is -2.23. The molecule has 302 valence electrons. The second kappa shape index (κ2) is 13.5. The molecule has 2 aliphatic rings. The highest BCUT2D eigenvalue weighted by Gasteiger charge is 2.42. The van der Waals surface area contributed by atoms with Gasteiger partial charge in [-0.15, -0.1) is 0 Å². The fourth-order valence-corrected chi connectivity index (χ4v) is 7.38. The molecule has 0 amide bonds. The number of nitrogens with one attached hydrogen (secondary N) is 2. The van der Waals surface area contributed by atoms with Gasteiger partial charge in [-0.25, -0.2) is 0 Å². The number of fused-ring (bicyclic) bond motifs is 6. The third kappa shape index (κ3) is 6.34. The van der Waals surface area contributed by atoms with Crippen LogP contribution in [0.3, 0.4) is 0 Å². The number of benzene rings is 5. The summed E-state index contributed by atoms with van der Waals surface area (Å²) in [7, 11) is 2.61. The second-order valence-corrected chi connectivity index (χ2v) is 13.3. The normalized spacial score (nSPS) is 13.9. The van der Waals surface area contributed by atoms with E-state index in [9.17, 15) is 73.7 Å². The van der Waals surface area contributed by atoms with E-state index in [2.05, 4.69) is 10.6 Å². The van der Waals surface area contributed by atoms with Crippen LogP contribution in [0.25, 0.3) is 43.8 Å². The molecule has 2 aliphatic heterocycles. The van der Waals surface area contributed by atoms with Crippen molar-refractivity contribution in [2.24, 2.45) is 0 Å². The Morgan fingerprint density at radius 2 is 0.917 bits per heavy atom. The zero-order valence-corrected chi connectivity index (χ0v) is 30.0. The Bertz CT molecular complexity index is 2930. The lowest BCUT2D eigenvalue weighted by Crippen LogP contribution is -2.16. The molecule has 7 rings (SSSR count). The summed E-state index contributed by atoms with van der Waals surface area (Å²) in [6.07, 6.45) is -21.2. The summed E-state index contributed by atoms with van der Waals surface area (Å²) in [4.78, 5) is 2.38. The van der Waals surface area contributed by atoms with E-state index >= 15 is 0 Å². The molecular formula is C40H18F12N8. The summed E-state index contributed by atoms with van der Waals surface area (Å²) in [5.41, 5.74) is -10.6. The lowest BCUT2D eigenvalue weighted by atomic mass is 9.86. The number of hydrogen-bond donors (Lipinski definition) is 2. The van der Waals surface area contributed by atoms with Crippen molar-refractivity contribution in [1.82, 2.24) is 0 Å². The molecule has 60 heavy (non-hydrogen) atoms. The minimum absolute atomic E-state index is 0.0335. The van der Waals surface area contributed by atoms with Gasteiger partial charge in [-0.1, -0.05) is 24.3 Å². The SMILES string of the molecule is CN1C(=C(C#N)C#N)Nc2c1cc1c(ccc3c(-c4ccc(C(F)(F)F)cc4C(F)(F)F)cc4c(c31)NC(=C(C#N)C#N)N4C)c2-c1ccc(C(F)(F)F)cc1C(F)(F)F. The first-order chi connectivity index (χ1) is 28.0. The molecule has 5 aromatic rings. The number of halogens is 12. The molecule has 2 heterocycles. The summed E-state index contributed by atoms with van der Waals surface area (Å²) in [5.74, 6) is -0.452. The first kappa shape index (κ1) is 40.6. The van der Waals surface area contributed by atoms with Crippen LogP contribution in [-0.4, -0.2) is 14.1 Å². The zero-order chi connectivity index (χ0) is 44.0. The van der Waals surface area contributed by atoms with Crippen LogP contribution in [0, 0.1) is 45.3 Å². The van der Waals surface area contributed by atoms with Gasteiger partial charge >= 0.3 is 24.7 Å². The van der Waals surface area contributed by atoms with Gasteiger partial charge in [0.1, 0.15) is 35.9 Å². The van der Waals surface area contributed by atoms with Crippen LogP contribution < -0.4 is 20.4 Å². The van der Waals surface area contributed by atoms with Crippen molar-refractivity contribution >= 4 is 44.3 Å². The number of nitriles is 4. The minimum atomic E-state index is -5.43. The molecule has 0 fully saturated rings. The van der Waals surface area contributed by atoms with Crippen molar-refractivity contribution < 1.29 is 52.7 Å². The fraction of sp³-hybridized carbons (Fsp3) is 0.150. The molecule has 0 unspecified atom stereocenters. The number of rotatable bonds is 2. The van der Waals surface area contributed by atoms with Crippen molar-refractivity contribution in [1.29, 1.82) is 21.0 Å². The molecule has 0 radical (unpaired) electrons. The Morgan fingerprint density at radius 1 is 0.483 bits per heavy atom. The first-order valence-electron chi connectivity index (χ1n) is 16.7. The van der Waals surface area contributed by atoms with Crippen LogP contribution in [0.5, 0.6) is 0 Å². The first-order valence-corrected chi connectivity index (χ1v) is 16.7. The van der Waals surface area contributed by atoms with E-state index in [1.807, 2.05) is 0 Å². The summed E-state index contributed by atoms with van der Waals surface area (Å²) >= 11 is 0. The van der Waals surface area contributed by atoms with Gasteiger partial charge in [-0.05, 0) is 69.2 Å². The van der Waals surface area contributed by atoms with E-state index in [0.717, 1.165) is 18.2 Å². The molecule has 0 saturated carbocycles. The predicted octanol–water partition coefficient (Wildman–Crippen LogP) is 11.6.